The number of methoxy groups -OCH3 is 1. The zero-order valence-electron chi connectivity index (χ0n) is 8.38. The first-order valence-corrected chi connectivity index (χ1v) is 4.08. The van der Waals surface area contributed by atoms with Gasteiger partial charge in [0, 0.05) is 13.2 Å². The third-order valence-electron chi connectivity index (χ3n) is 0.813. The Hall–Kier alpha value is -0.380. The fourth-order valence-electron chi connectivity index (χ4n) is 0.411. The molecule has 1 unspecified atom stereocenters. The number of hydrogen-bond acceptors (Lipinski definition) is 3. The van der Waals surface area contributed by atoms with Crippen LogP contribution >= 0.6 is 0 Å². The van der Waals surface area contributed by atoms with E-state index in [1.165, 1.54) is 0 Å². The van der Waals surface area contributed by atoms with Gasteiger partial charge in [-0.3, -0.25) is 0 Å². The molecule has 0 aromatic rings. The lowest BCUT2D eigenvalue weighted by molar-refractivity contribution is 0.0656. The van der Waals surface area contributed by atoms with Gasteiger partial charge < -0.3 is 15.2 Å². The van der Waals surface area contributed by atoms with Crippen molar-refractivity contribution in [3.63, 3.8) is 0 Å². The molecule has 3 nitrogen and oxygen atoms in total. The van der Waals surface area contributed by atoms with Gasteiger partial charge in [0.25, 0.3) is 0 Å². The van der Waals surface area contributed by atoms with Crippen molar-refractivity contribution in [1.82, 2.24) is 0 Å². The average Bonchev–Trinajstić information content (AvgIpc) is 1.99. The van der Waals surface area contributed by atoms with Crippen molar-refractivity contribution in [1.29, 1.82) is 0 Å². The minimum absolute atomic E-state index is 0.127. The first-order chi connectivity index (χ1) is 5.68. The van der Waals surface area contributed by atoms with E-state index in [1.54, 1.807) is 13.2 Å². The molecule has 0 aliphatic carbocycles. The summed E-state index contributed by atoms with van der Waals surface area (Å²) < 4.78 is 9.84. The van der Waals surface area contributed by atoms with Crippen molar-refractivity contribution in [3.05, 3.63) is 12.7 Å². The second-order valence-electron chi connectivity index (χ2n) is 2.45. The van der Waals surface area contributed by atoms with Crippen LogP contribution in [0, 0.1) is 0 Å². The SMILES string of the molecule is C=CC.COCCOCC(C)N. The first kappa shape index (κ1) is 14.2. The van der Waals surface area contributed by atoms with Crippen molar-refractivity contribution in [2.45, 2.75) is 19.9 Å². The summed E-state index contributed by atoms with van der Waals surface area (Å²) in [6, 6.07) is 0.127. The molecule has 0 saturated heterocycles. The molecule has 1 atom stereocenters. The molecule has 0 heterocycles. The van der Waals surface area contributed by atoms with E-state index in [1.807, 2.05) is 13.8 Å². The van der Waals surface area contributed by atoms with E-state index in [0.29, 0.717) is 19.8 Å². The zero-order valence-corrected chi connectivity index (χ0v) is 8.38. The highest BCUT2D eigenvalue weighted by Crippen LogP contribution is 1.79. The van der Waals surface area contributed by atoms with Gasteiger partial charge in [-0.05, 0) is 13.8 Å². The summed E-state index contributed by atoms with van der Waals surface area (Å²) in [5, 5.41) is 0. The molecule has 0 spiro atoms. The second kappa shape index (κ2) is 13.2. The Morgan fingerprint density at radius 2 is 2.00 bits per heavy atom. The minimum Gasteiger partial charge on any atom is -0.382 e. The lowest BCUT2D eigenvalue weighted by atomic mass is 10.4. The molecule has 0 aliphatic rings. The summed E-state index contributed by atoms with van der Waals surface area (Å²) in [6.07, 6.45) is 1.75. The van der Waals surface area contributed by atoms with Crippen LogP contribution in [0.5, 0.6) is 0 Å². The molecule has 0 saturated carbocycles. The van der Waals surface area contributed by atoms with E-state index in [9.17, 15) is 0 Å². The van der Waals surface area contributed by atoms with E-state index in [0.717, 1.165) is 0 Å². The van der Waals surface area contributed by atoms with Crippen LogP contribution < -0.4 is 5.73 Å². The number of ether oxygens (including phenoxy) is 2. The fraction of sp³-hybridized carbons (Fsp3) is 0.778. The van der Waals surface area contributed by atoms with Gasteiger partial charge >= 0.3 is 0 Å². The van der Waals surface area contributed by atoms with Crippen LogP contribution in [0.4, 0.5) is 0 Å². The number of rotatable bonds is 5. The monoisotopic (exact) mass is 175 g/mol. The highest BCUT2D eigenvalue weighted by Gasteiger charge is 1.91. The van der Waals surface area contributed by atoms with E-state index in [-0.39, 0.29) is 6.04 Å². The van der Waals surface area contributed by atoms with E-state index < -0.39 is 0 Å². The van der Waals surface area contributed by atoms with Crippen LogP contribution in [0.1, 0.15) is 13.8 Å². The van der Waals surface area contributed by atoms with Gasteiger partial charge in [-0.25, -0.2) is 0 Å². The lowest BCUT2D eigenvalue weighted by Gasteiger charge is -2.04. The van der Waals surface area contributed by atoms with E-state index in [4.69, 9.17) is 15.2 Å². The Bertz CT molecular complexity index is 84.6. The van der Waals surface area contributed by atoms with Crippen LogP contribution in [0.3, 0.4) is 0 Å². The van der Waals surface area contributed by atoms with Gasteiger partial charge in [0.1, 0.15) is 0 Å². The molecule has 2 N–H and O–H groups in total. The molecule has 0 fully saturated rings. The quantitative estimate of drug-likeness (QED) is 0.504. The summed E-state index contributed by atoms with van der Waals surface area (Å²) in [5.41, 5.74) is 5.41. The lowest BCUT2D eigenvalue weighted by Crippen LogP contribution is -2.22. The molecule has 74 valence electrons. The maximum atomic E-state index is 5.41. The number of allylic oxidation sites excluding steroid dienone is 1. The third kappa shape index (κ3) is 22.6. The molecule has 0 aliphatic heterocycles. The number of hydrogen-bond donors (Lipinski definition) is 1. The van der Waals surface area contributed by atoms with Crippen molar-refractivity contribution in [2.24, 2.45) is 5.73 Å². The van der Waals surface area contributed by atoms with Gasteiger partial charge in [0.05, 0.1) is 19.8 Å². The molecule has 0 aromatic carbocycles. The average molecular weight is 175 g/mol. The second-order valence-corrected chi connectivity index (χ2v) is 2.45. The summed E-state index contributed by atoms with van der Waals surface area (Å²) in [6.45, 7) is 9.06. The molecular weight excluding hydrogens is 154 g/mol. The van der Waals surface area contributed by atoms with Gasteiger partial charge in [0.15, 0.2) is 0 Å². The zero-order chi connectivity index (χ0) is 9.82. The fourth-order valence-corrected chi connectivity index (χ4v) is 0.411. The van der Waals surface area contributed by atoms with Gasteiger partial charge in [-0.2, -0.15) is 0 Å². The number of nitrogens with two attached hydrogens (primary N) is 1. The Kier molecular flexibility index (Phi) is 15.6. The molecule has 0 aromatic heterocycles. The molecule has 0 bridgehead atoms. The Balaban J connectivity index is 0. The maximum Gasteiger partial charge on any atom is 0.0701 e. The molecule has 3 heteroatoms. The summed E-state index contributed by atoms with van der Waals surface area (Å²) >= 11 is 0. The third-order valence-corrected chi connectivity index (χ3v) is 0.813. The molecule has 12 heavy (non-hydrogen) atoms. The molecular formula is C9H21NO2. The van der Waals surface area contributed by atoms with Crippen LogP contribution in [0.15, 0.2) is 12.7 Å². The molecule has 0 radical (unpaired) electrons. The topological polar surface area (TPSA) is 44.5 Å². The van der Waals surface area contributed by atoms with Crippen molar-refractivity contribution in [2.75, 3.05) is 26.9 Å². The Morgan fingerprint density at radius 3 is 2.33 bits per heavy atom. The summed E-state index contributed by atoms with van der Waals surface area (Å²) in [4.78, 5) is 0. The molecule has 0 rings (SSSR count). The predicted octanol–water partition coefficient (Wildman–Crippen LogP) is 1.19. The van der Waals surface area contributed by atoms with Crippen LogP contribution in [-0.2, 0) is 9.47 Å². The smallest absolute Gasteiger partial charge is 0.0701 e. The highest BCUT2D eigenvalue weighted by atomic mass is 16.5. The Labute approximate surface area is 75.5 Å². The summed E-state index contributed by atoms with van der Waals surface area (Å²) in [5.74, 6) is 0. The van der Waals surface area contributed by atoms with Crippen LogP contribution in [0.25, 0.3) is 0 Å². The molecule has 0 amide bonds. The van der Waals surface area contributed by atoms with E-state index >= 15 is 0 Å². The maximum absolute atomic E-state index is 5.41. The van der Waals surface area contributed by atoms with Crippen LogP contribution in [0.2, 0.25) is 0 Å². The predicted molar refractivity (Wildman–Crippen MR) is 52.2 cm³/mol. The Morgan fingerprint density at radius 1 is 1.50 bits per heavy atom. The minimum atomic E-state index is 0.127. The van der Waals surface area contributed by atoms with Crippen molar-refractivity contribution in [3.8, 4) is 0 Å². The van der Waals surface area contributed by atoms with Gasteiger partial charge in [-0.1, -0.05) is 6.08 Å². The summed E-state index contributed by atoms with van der Waals surface area (Å²) in [7, 11) is 1.65. The first-order valence-electron chi connectivity index (χ1n) is 4.08. The van der Waals surface area contributed by atoms with Crippen molar-refractivity contribution >= 4 is 0 Å². The standard InChI is InChI=1S/C6H15NO2.C3H6/c1-6(7)5-9-4-3-8-2;1-3-2/h6H,3-5,7H2,1-2H3;3H,1H2,2H3. The largest absolute Gasteiger partial charge is 0.382 e. The van der Waals surface area contributed by atoms with Gasteiger partial charge in [-0.15, -0.1) is 6.58 Å². The van der Waals surface area contributed by atoms with Crippen molar-refractivity contribution < 1.29 is 9.47 Å². The normalized spacial score (nSPS) is 11.3. The van der Waals surface area contributed by atoms with Gasteiger partial charge in [0.2, 0.25) is 0 Å². The van der Waals surface area contributed by atoms with E-state index in [2.05, 4.69) is 6.58 Å². The van der Waals surface area contributed by atoms with Crippen LogP contribution in [-0.4, -0.2) is 33.0 Å². The highest BCUT2D eigenvalue weighted by molar-refractivity contribution is 4.51.